The maximum atomic E-state index is 11.2. The van der Waals surface area contributed by atoms with Crippen molar-refractivity contribution >= 4 is 17.9 Å². The minimum atomic E-state index is -0.444. The lowest BCUT2D eigenvalue weighted by Crippen LogP contribution is -2.29. The maximum Gasteiger partial charge on any atom is 0.335 e. The third-order valence-corrected chi connectivity index (χ3v) is 12.3. The molecule has 0 aliphatic heterocycles. The number of hydrogen-bond acceptors (Lipinski definition) is 6. The van der Waals surface area contributed by atoms with Gasteiger partial charge < -0.3 is 14.2 Å². The van der Waals surface area contributed by atoms with E-state index in [1.54, 1.807) is 12.1 Å². The topological polar surface area (TPSA) is 78.9 Å². The van der Waals surface area contributed by atoms with Crippen molar-refractivity contribution in [1.29, 1.82) is 0 Å². The average molecular weight is 763 g/mol. The summed E-state index contributed by atoms with van der Waals surface area (Å²) in [7, 11) is 0. The first-order valence-corrected chi connectivity index (χ1v) is 21.3. The molecule has 4 aliphatic rings. The van der Waals surface area contributed by atoms with E-state index in [9.17, 15) is 14.4 Å². The first-order valence-electron chi connectivity index (χ1n) is 21.3. The molecule has 0 atom stereocenters. The van der Waals surface area contributed by atoms with Crippen molar-refractivity contribution in [3.05, 3.63) is 97.6 Å². The first kappa shape index (κ1) is 44.3. The molecule has 0 N–H and O–H groups in total. The van der Waals surface area contributed by atoms with E-state index in [4.69, 9.17) is 14.2 Å². The lowest BCUT2D eigenvalue weighted by Gasteiger charge is -2.36. The molecule has 56 heavy (non-hydrogen) atoms. The van der Waals surface area contributed by atoms with Crippen molar-refractivity contribution in [2.45, 2.75) is 136 Å². The predicted molar refractivity (Wildman–Crippen MR) is 226 cm³/mol. The van der Waals surface area contributed by atoms with Gasteiger partial charge >= 0.3 is 17.9 Å². The molecule has 0 heterocycles. The maximum absolute atomic E-state index is 11.2. The van der Waals surface area contributed by atoms with Gasteiger partial charge in [0, 0.05) is 29.7 Å². The summed E-state index contributed by atoms with van der Waals surface area (Å²) in [5.41, 5.74) is 2.32. The fourth-order valence-corrected chi connectivity index (χ4v) is 8.56. The van der Waals surface area contributed by atoms with Crippen LogP contribution >= 0.6 is 0 Å². The fourth-order valence-electron chi connectivity index (χ4n) is 8.56. The van der Waals surface area contributed by atoms with Gasteiger partial charge in [0.05, 0.1) is 0 Å². The van der Waals surface area contributed by atoms with Gasteiger partial charge in [0.25, 0.3) is 0 Å². The molecule has 0 unspecified atom stereocenters. The molecule has 0 saturated heterocycles. The van der Waals surface area contributed by atoms with Gasteiger partial charge in [-0.3, -0.25) is 0 Å². The van der Waals surface area contributed by atoms with Gasteiger partial charge in [-0.25, -0.2) is 14.4 Å². The van der Waals surface area contributed by atoms with Gasteiger partial charge in [-0.1, -0.05) is 90.2 Å². The van der Waals surface area contributed by atoms with Crippen LogP contribution in [0, 0.1) is 47.3 Å². The molecule has 6 rings (SSSR count). The Kier molecular flexibility index (Phi) is 18.7. The number of benzene rings is 2. The van der Waals surface area contributed by atoms with Crippen LogP contribution in [0.1, 0.15) is 141 Å². The molecular formula is C50H66O6. The third-order valence-electron chi connectivity index (χ3n) is 12.3. The van der Waals surface area contributed by atoms with Crippen LogP contribution in [0.15, 0.2) is 86.5 Å². The second-order valence-electron chi connectivity index (χ2n) is 16.7. The smallest absolute Gasteiger partial charge is 0.335 e. The van der Waals surface area contributed by atoms with Crippen LogP contribution < -0.4 is 9.47 Å². The van der Waals surface area contributed by atoms with E-state index in [0.717, 1.165) is 54.1 Å². The Morgan fingerprint density at radius 3 is 1.41 bits per heavy atom. The summed E-state index contributed by atoms with van der Waals surface area (Å²) in [6, 6.07) is 15.2. The van der Waals surface area contributed by atoms with Crippen LogP contribution in [0.2, 0.25) is 0 Å². The van der Waals surface area contributed by atoms with Crippen molar-refractivity contribution in [1.82, 2.24) is 0 Å². The van der Waals surface area contributed by atoms with Gasteiger partial charge in [-0.05, 0) is 155 Å². The molecule has 6 nitrogen and oxygen atoms in total. The predicted octanol–water partition coefficient (Wildman–Crippen LogP) is 12.1. The molecule has 0 amide bonds. The Labute approximate surface area is 337 Å². The molecule has 0 spiro atoms. The molecule has 4 aliphatic carbocycles. The van der Waals surface area contributed by atoms with Crippen molar-refractivity contribution in [2.75, 3.05) is 0 Å². The standard InChI is InChI=1S/C18H20O2.C16H26O2.C16H20O2/c1-3-18(19)20-17-12-10-16(11-13-17)9-8-15-6-4-14(2)5-7-15;2*1-3-16(17)18-15-10-8-14(9-11-15)13-6-4-12(2)5-7-13/h3,10-15H,1,4-7H2,2H3;3,12-15H,1,4-11H2,2H3;3,8-13H,1,4-7H2,2H3. The van der Waals surface area contributed by atoms with Crippen molar-refractivity contribution in [3.63, 3.8) is 0 Å². The van der Waals surface area contributed by atoms with Gasteiger partial charge in [0.1, 0.15) is 17.6 Å². The normalized spacial score (nSPS) is 27.1. The van der Waals surface area contributed by atoms with E-state index in [1.165, 1.54) is 108 Å². The number of rotatable bonds is 8. The zero-order valence-electron chi connectivity index (χ0n) is 34.4. The van der Waals surface area contributed by atoms with E-state index in [-0.39, 0.29) is 12.1 Å². The van der Waals surface area contributed by atoms with Crippen LogP contribution in [0.25, 0.3) is 0 Å². The summed E-state index contributed by atoms with van der Waals surface area (Å²) in [4.78, 5) is 33.3. The van der Waals surface area contributed by atoms with Gasteiger partial charge in [0.2, 0.25) is 0 Å². The van der Waals surface area contributed by atoms with Crippen LogP contribution in [0.4, 0.5) is 0 Å². The summed E-state index contributed by atoms with van der Waals surface area (Å²) in [5.74, 6) is 12.3. The summed E-state index contributed by atoms with van der Waals surface area (Å²) >= 11 is 0. The van der Waals surface area contributed by atoms with Crippen LogP contribution in [-0.2, 0) is 19.1 Å². The molecule has 0 radical (unpaired) electrons. The van der Waals surface area contributed by atoms with Gasteiger partial charge in [-0.2, -0.15) is 0 Å². The molecule has 302 valence electrons. The molecule has 6 heteroatoms. The fraction of sp³-hybridized carbons (Fsp3) is 0.540. The van der Waals surface area contributed by atoms with Crippen molar-refractivity contribution in [2.24, 2.45) is 35.5 Å². The highest BCUT2D eigenvalue weighted by molar-refractivity contribution is 5.83. The monoisotopic (exact) mass is 762 g/mol. The van der Waals surface area contributed by atoms with Crippen LogP contribution in [0.3, 0.4) is 0 Å². The number of hydrogen-bond donors (Lipinski definition) is 0. The molecular weight excluding hydrogens is 697 g/mol. The minimum absolute atomic E-state index is 0.147. The van der Waals surface area contributed by atoms with E-state index in [0.29, 0.717) is 23.3 Å². The molecule has 4 fully saturated rings. The van der Waals surface area contributed by atoms with E-state index < -0.39 is 11.9 Å². The number of carbonyl (C=O) groups is 3. The highest BCUT2D eigenvalue weighted by Crippen LogP contribution is 2.40. The van der Waals surface area contributed by atoms with E-state index in [1.807, 2.05) is 24.3 Å². The number of carbonyl (C=O) groups excluding carboxylic acids is 3. The Morgan fingerprint density at radius 2 is 0.946 bits per heavy atom. The van der Waals surface area contributed by atoms with Gasteiger partial charge in [0.15, 0.2) is 0 Å². The minimum Gasteiger partial charge on any atom is -0.459 e. The highest BCUT2D eigenvalue weighted by atomic mass is 16.5. The Bertz CT molecular complexity index is 1600. The molecule has 4 saturated carbocycles. The SMILES string of the molecule is C=CC(=O)OC1CCC(C2CCC(C)CC2)CC1.C=CC(=O)Oc1ccc(C#CC2CCC(C)CC2)cc1.C=CC(=O)Oc1ccc(C2CCC(C)CC2)cc1. The number of esters is 3. The second kappa shape index (κ2) is 23.6. The lowest BCUT2D eigenvalue weighted by molar-refractivity contribution is -0.145. The van der Waals surface area contributed by atoms with Crippen LogP contribution in [-0.4, -0.2) is 24.0 Å². The van der Waals surface area contributed by atoms with Crippen molar-refractivity contribution < 1.29 is 28.6 Å². The van der Waals surface area contributed by atoms with E-state index >= 15 is 0 Å². The molecule has 2 aromatic carbocycles. The van der Waals surface area contributed by atoms with Crippen molar-refractivity contribution in [3.8, 4) is 23.3 Å². The summed E-state index contributed by atoms with van der Waals surface area (Å²) < 4.78 is 15.4. The quantitative estimate of drug-likeness (QED) is 0.115. The molecule has 0 aromatic heterocycles. The average Bonchev–Trinajstić information content (AvgIpc) is 3.22. The molecule has 2 aromatic rings. The third kappa shape index (κ3) is 15.6. The zero-order valence-corrected chi connectivity index (χ0v) is 34.4. The van der Waals surface area contributed by atoms with Crippen LogP contribution in [0.5, 0.6) is 11.5 Å². The Balaban J connectivity index is 0.000000187. The summed E-state index contributed by atoms with van der Waals surface area (Å²) in [5, 5.41) is 0. The largest absolute Gasteiger partial charge is 0.459 e. The highest BCUT2D eigenvalue weighted by Gasteiger charge is 2.31. The van der Waals surface area contributed by atoms with Gasteiger partial charge in [-0.15, -0.1) is 0 Å². The second-order valence-corrected chi connectivity index (χ2v) is 16.7. The van der Waals surface area contributed by atoms with E-state index in [2.05, 4.69) is 64.5 Å². The first-order chi connectivity index (χ1) is 27.0. The zero-order chi connectivity index (χ0) is 40.3. The summed E-state index contributed by atoms with van der Waals surface area (Å²) in [6.07, 6.45) is 24.2. The summed E-state index contributed by atoms with van der Waals surface area (Å²) in [6.45, 7) is 17.2. The number of ether oxygens (including phenoxy) is 3. The Hall–Kier alpha value is -4.37. The Morgan fingerprint density at radius 1 is 0.536 bits per heavy atom. The lowest BCUT2D eigenvalue weighted by atomic mass is 9.71. The molecule has 0 bridgehead atoms.